The van der Waals surface area contributed by atoms with Crippen LogP contribution in [0.1, 0.15) is 6.92 Å². The molecule has 0 aromatic heterocycles. The first kappa shape index (κ1) is 9.92. The minimum Gasteiger partial charge on any atom is -0.390 e. The summed E-state index contributed by atoms with van der Waals surface area (Å²) < 4.78 is 5.22. The fraction of sp³-hybridized carbons (Fsp3) is 1.00. The van der Waals surface area contributed by atoms with Crippen LogP contribution >= 0.6 is 0 Å². The van der Waals surface area contributed by atoms with Crippen molar-refractivity contribution in [3.05, 3.63) is 0 Å². The molecule has 4 heteroatoms. The van der Waals surface area contributed by atoms with E-state index in [2.05, 4.69) is 10.2 Å². The van der Waals surface area contributed by atoms with Crippen LogP contribution in [0.2, 0.25) is 0 Å². The van der Waals surface area contributed by atoms with Gasteiger partial charge in [0.2, 0.25) is 0 Å². The van der Waals surface area contributed by atoms with E-state index >= 15 is 0 Å². The monoisotopic (exact) mass is 174 g/mol. The fourth-order valence-corrected chi connectivity index (χ4v) is 1.58. The van der Waals surface area contributed by atoms with E-state index in [0.717, 1.165) is 26.3 Å². The Hall–Kier alpha value is -0.160. The van der Waals surface area contributed by atoms with Gasteiger partial charge >= 0.3 is 0 Å². The minimum atomic E-state index is -0.340. The van der Waals surface area contributed by atoms with E-state index in [4.69, 9.17) is 4.74 Å². The van der Waals surface area contributed by atoms with Crippen LogP contribution in [0, 0.1) is 0 Å². The zero-order valence-electron chi connectivity index (χ0n) is 7.79. The molecule has 4 nitrogen and oxygen atoms in total. The van der Waals surface area contributed by atoms with Crippen molar-refractivity contribution < 1.29 is 9.84 Å². The van der Waals surface area contributed by atoms with E-state index in [1.807, 2.05) is 7.05 Å². The Kier molecular flexibility index (Phi) is 3.94. The summed E-state index contributed by atoms with van der Waals surface area (Å²) >= 11 is 0. The molecule has 0 aromatic carbocycles. The van der Waals surface area contributed by atoms with Crippen LogP contribution in [0.3, 0.4) is 0 Å². The maximum Gasteiger partial charge on any atom is 0.0861 e. The van der Waals surface area contributed by atoms with Crippen LogP contribution in [0.4, 0.5) is 0 Å². The SMILES string of the molecule is CNC(C(C)O)N1CCOCC1. The van der Waals surface area contributed by atoms with E-state index in [0.29, 0.717) is 0 Å². The van der Waals surface area contributed by atoms with E-state index in [9.17, 15) is 5.11 Å². The molecule has 0 aliphatic carbocycles. The van der Waals surface area contributed by atoms with Crippen molar-refractivity contribution in [3.63, 3.8) is 0 Å². The lowest BCUT2D eigenvalue weighted by Gasteiger charge is -2.35. The van der Waals surface area contributed by atoms with Crippen molar-refractivity contribution in [2.24, 2.45) is 0 Å². The number of ether oxygens (including phenoxy) is 1. The maximum atomic E-state index is 9.42. The number of rotatable bonds is 3. The predicted molar refractivity (Wildman–Crippen MR) is 46.9 cm³/mol. The molecule has 72 valence electrons. The summed E-state index contributed by atoms with van der Waals surface area (Å²) in [5.74, 6) is 0. The zero-order valence-corrected chi connectivity index (χ0v) is 7.79. The van der Waals surface area contributed by atoms with Gasteiger partial charge in [-0.25, -0.2) is 0 Å². The smallest absolute Gasteiger partial charge is 0.0861 e. The van der Waals surface area contributed by atoms with Gasteiger partial charge in [-0.15, -0.1) is 0 Å². The van der Waals surface area contributed by atoms with Crippen molar-refractivity contribution in [2.75, 3.05) is 33.4 Å². The van der Waals surface area contributed by atoms with E-state index in [1.165, 1.54) is 0 Å². The molecule has 1 saturated heterocycles. The second-order valence-electron chi connectivity index (χ2n) is 3.12. The second kappa shape index (κ2) is 4.77. The van der Waals surface area contributed by atoms with Gasteiger partial charge in [0.25, 0.3) is 0 Å². The largest absolute Gasteiger partial charge is 0.390 e. The molecule has 1 rings (SSSR count). The van der Waals surface area contributed by atoms with Crippen molar-refractivity contribution in [1.29, 1.82) is 0 Å². The molecule has 0 saturated carbocycles. The lowest BCUT2D eigenvalue weighted by molar-refractivity contribution is -0.0255. The van der Waals surface area contributed by atoms with Gasteiger partial charge in [-0.3, -0.25) is 4.90 Å². The number of hydrogen-bond acceptors (Lipinski definition) is 4. The summed E-state index contributed by atoms with van der Waals surface area (Å²) in [4.78, 5) is 2.20. The Morgan fingerprint density at radius 1 is 1.42 bits per heavy atom. The number of nitrogens with zero attached hydrogens (tertiary/aromatic N) is 1. The summed E-state index contributed by atoms with van der Waals surface area (Å²) in [6.45, 7) is 5.14. The molecule has 0 aromatic rings. The standard InChI is InChI=1S/C8H18N2O2/c1-7(11)8(9-2)10-3-5-12-6-4-10/h7-9,11H,3-6H2,1-2H3. The molecule has 12 heavy (non-hydrogen) atoms. The number of aliphatic hydroxyl groups excluding tert-OH is 1. The van der Waals surface area contributed by atoms with E-state index in [1.54, 1.807) is 6.92 Å². The second-order valence-corrected chi connectivity index (χ2v) is 3.12. The molecule has 1 aliphatic heterocycles. The number of aliphatic hydroxyl groups is 1. The van der Waals surface area contributed by atoms with Gasteiger partial charge in [-0.2, -0.15) is 0 Å². The fourth-order valence-electron chi connectivity index (χ4n) is 1.58. The Morgan fingerprint density at radius 2 is 2.00 bits per heavy atom. The number of hydrogen-bond donors (Lipinski definition) is 2. The van der Waals surface area contributed by atoms with E-state index in [-0.39, 0.29) is 12.3 Å². The summed E-state index contributed by atoms with van der Waals surface area (Å²) in [7, 11) is 1.87. The normalized spacial score (nSPS) is 25.2. The predicted octanol–water partition coefficient (Wildman–Crippen LogP) is -0.755. The average molecular weight is 174 g/mol. The molecule has 1 aliphatic rings. The average Bonchev–Trinajstić information content (AvgIpc) is 2.07. The molecular weight excluding hydrogens is 156 g/mol. The third-order valence-corrected chi connectivity index (χ3v) is 2.19. The number of likely N-dealkylation sites (N-methyl/N-ethyl adjacent to an activating group) is 1. The van der Waals surface area contributed by atoms with Gasteiger partial charge in [0.1, 0.15) is 0 Å². The molecule has 0 radical (unpaired) electrons. The lowest BCUT2D eigenvalue weighted by Crippen LogP contribution is -2.54. The molecular formula is C8H18N2O2. The molecule has 0 spiro atoms. The van der Waals surface area contributed by atoms with Crippen LogP contribution in [0.25, 0.3) is 0 Å². The van der Waals surface area contributed by atoms with Crippen LogP contribution < -0.4 is 5.32 Å². The molecule has 1 fully saturated rings. The molecule has 2 atom stereocenters. The maximum absolute atomic E-state index is 9.42. The van der Waals surface area contributed by atoms with Crippen molar-refractivity contribution >= 4 is 0 Å². The molecule has 0 bridgehead atoms. The molecule has 1 heterocycles. The highest BCUT2D eigenvalue weighted by Gasteiger charge is 2.22. The minimum absolute atomic E-state index is 0.0638. The van der Waals surface area contributed by atoms with Gasteiger partial charge in [-0.05, 0) is 14.0 Å². The van der Waals surface area contributed by atoms with Gasteiger partial charge < -0.3 is 15.2 Å². The van der Waals surface area contributed by atoms with Gasteiger partial charge in [0.15, 0.2) is 0 Å². The first-order valence-electron chi connectivity index (χ1n) is 4.43. The Balaban J connectivity index is 2.40. The topological polar surface area (TPSA) is 44.7 Å². The summed E-state index contributed by atoms with van der Waals surface area (Å²) in [5.41, 5.74) is 0. The van der Waals surface area contributed by atoms with Crippen molar-refractivity contribution in [2.45, 2.75) is 19.2 Å². The first-order chi connectivity index (χ1) is 5.75. The van der Waals surface area contributed by atoms with Gasteiger partial charge in [0.05, 0.1) is 25.5 Å². The quantitative estimate of drug-likeness (QED) is 0.590. The highest BCUT2D eigenvalue weighted by atomic mass is 16.5. The summed E-state index contributed by atoms with van der Waals surface area (Å²) in [5, 5.41) is 12.5. The Labute approximate surface area is 73.5 Å². The Morgan fingerprint density at radius 3 is 2.42 bits per heavy atom. The van der Waals surface area contributed by atoms with Crippen LogP contribution in [-0.4, -0.2) is 55.6 Å². The zero-order chi connectivity index (χ0) is 8.97. The van der Waals surface area contributed by atoms with Crippen LogP contribution in [0.5, 0.6) is 0 Å². The van der Waals surface area contributed by atoms with Crippen LogP contribution in [-0.2, 0) is 4.74 Å². The van der Waals surface area contributed by atoms with Gasteiger partial charge in [-0.1, -0.05) is 0 Å². The van der Waals surface area contributed by atoms with Crippen molar-refractivity contribution in [1.82, 2.24) is 10.2 Å². The number of nitrogens with one attached hydrogen (secondary N) is 1. The third-order valence-electron chi connectivity index (χ3n) is 2.19. The summed E-state index contributed by atoms with van der Waals surface area (Å²) in [6, 6.07) is 0. The highest BCUT2D eigenvalue weighted by molar-refractivity contribution is 4.74. The lowest BCUT2D eigenvalue weighted by atomic mass is 10.2. The van der Waals surface area contributed by atoms with E-state index < -0.39 is 0 Å². The Bertz CT molecular complexity index is 124. The molecule has 0 amide bonds. The number of morpholine rings is 1. The van der Waals surface area contributed by atoms with Crippen LogP contribution in [0.15, 0.2) is 0 Å². The first-order valence-corrected chi connectivity index (χ1v) is 4.43. The summed E-state index contributed by atoms with van der Waals surface area (Å²) in [6.07, 6.45) is -0.276. The molecule has 2 unspecified atom stereocenters. The van der Waals surface area contributed by atoms with Gasteiger partial charge in [0, 0.05) is 13.1 Å². The highest BCUT2D eigenvalue weighted by Crippen LogP contribution is 2.04. The third kappa shape index (κ3) is 2.42. The molecule has 2 N–H and O–H groups in total. The van der Waals surface area contributed by atoms with Crippen molar-refractivity contribution in [3.8, 4) is 0 Å².